The minimum Gasteiger partial charge on any atom is -0.444 e. The smallest absolute Gasteiger partial charge is 0.410 e. The van der Waals surface area contributed by atoms with Crippen LogP contribution in [0.4, 0.5) is 15.9 Å². The Kier molecular flexibility index (Phi) is 5.58. The van der Waals surface area contributed by atoms with Gasteiger partial charge in [0.15, 0.2) is 0 Å². The van der Waals surface area contributed by atoms with Crippen molar-refractivity contribution in [2.75, 3.05) is 35.8 Å². The minimum absolute atomic E-state index is 0.0537. The maximum atomic E-state index is 12.2. The van der Waals surface area contributed by atoms with Crippen molar-refractivity contribution in [1.29, 1.82) is 0 Å². The molecular weight excluding hydrogens is 410 g/mol. The second kappa shape index (κ2) is 7.60. The zero-order valence-electron chi connectivity index (χ0n) is 15.2. The number of rotatable bonds is 4. The summed E-state index contributed by atoms with van der Waals surface area (Å²) >= 11 is 2.25. The van der Waals surface area contributed by atoms with E-state index in [1.807, 2.05) is 25.7 Å². The Hall–Kier alpha value is -1.92. The molecule has 12 heteroatoms. The number of carbonyl (C=O) groups is 1. The molecule has 1 saturated heterocycles. The first-order valence-electron chi connectivity index (χ1n) is 8.27. The molecule has 0 radical (unpaired) electrons. The Morgan fingerprint density at radius 2 is 1.96 bits per heavy atom. The van der Waals surface area contributed by atoms with Gasteiger partial charge in [-0.2, -0.15) is 9.36 Å². The van der Waals surface area contributed by atoms with Gasteiger partial charge in [-0.25, -0.2) is 17.9 Å². The Labute approximate surface area is 166 Å². The molecule has 0 aromatic carbocycles. The molecule has 1 aliphatic heterocycles. The Morgan fingerprint density at radius 3 is 2.56 bits per heavy atom. The van der Waals surface area contributed by atoms with Crippen molar-refractivity contribution in [1.82, 2.24) is 14.3 Å². The van der Waals surface area contributed by atoms with Crippen molar-refractivity contribution in [3.63, 3.8) is 0 Å². The number of ether oxygens (including phenoxy) is 1. The first kappa shape index (κ1) is 19.8. The SMILES string of the molecule is CC(C)(C)OC(=O)N1CCN(c2nc(NS(=O)(=O)c3cccs3)ns2)CC1. The second-order valence-corrected chi connectivity index (χ2v) is 10.5. The third kappa shape index (κ3) is 5.08. The summed E-state index contributed by atoms with van der Waals surface area (Å²) in [5.74, 6) is 0.0537. The summed E-state index contributed by atoms with van der Waals surface area (Å²) in [6, 6.07) is 3.19. The number of anilines is 2. The van der Waals surface area contributed by atoms with Crippen molar-refractivity contribution in [3.8, 4) is 0 Å². The number of aromatic nitrogens is 2. The van der Waals surface area contributed by atoms with Crippen LogP contribution in [0.15, 0.2) is 21.7 Å². The van der Waals surface area contributed by atoms with Crippen LogP contribution < -0.4 is 9.62 Å². The summed E-state index contributed by atoms with van der Waals surface area (Å²) in [6.45, 7) is 7.66. The fraction of sp³-hybridized carbons (Fsp3) is 0.533. The quantitative estimate of drug-likeness (QED) is 0.793. The molecule has 1 fully saturated rings. The molecule has 0 saturated carbocycles. The molecule has 148 valence electrons. The fourth-order valence-corrected chi connectivity index (χ4v) is 5.05. The molecule has 0 atom stereocenters. The summed E-state index contributed by atoms with van der Waals surface area (Å²) in [6.07, 6.45) is -0.330. The number of carbonyl (C=O) groups excluding carboxylic acids is 1. The highest BCUT2D eigenvalue weighted by Crippen LogP contribution is 2.24. The summed E-state index contributed by atoms with van der Waals surface area (Å²) in [5.41, 5.74) is -0.526. The van der Waals surface area contributed by atoms with Gasteiger partial charge in [-0.3, -0.25) is 0 Å². The first-order valence-corrected chi connectivity index (χ1v) is 11.4. The number of thiophene rings is 1. The molecule has 9 nitrogen and oxygen atoms in total. The van der Waals surface area contributed by atoms with Crippen molar-refractivity contribution in [3.05, 3.63) is 17.5 Å². The predicted molar refractivity (Wildman–Crippen MR) is 105 cm³/mol. The second-order valence-electron chi connectivity index (χ2n) is 6.89. The first-order chi connectivity index (χ1) is 12.6. The lowest BCUT2D eigenvalue weighted by Gasteiger charge is -2.35. The van der Waals surface area contributed by atoms with Crippen molar-refractivity contribution in [2.24, 2.45) is 0 Å². The van der Waals surface area contributed by atoms with E-state index in [0.717, 1.165) is 22.9 Å². The van der Waals surface area contributed by atoms with Crippen molar-refractivity contribution in [2.45, 2.75) is 30.6 Å². The zero-order valence-corrected chi connectivity index (χ0v) is 17.7. The molecule has 2 aromatic heterocycles. The maximum absolute atomic E-state index is 12.2. The molecule has 3 heterocycles. The molecule has 1 aliphatic rings. The number of nitrogens with one attached hydrogen (secondary N) is 1. The van der Waals surface area contributed by atoms with Crippen LogP contribution in [-0.2, 0) is 14.8 Å². The van der Waals surface area contributed by atoms with Crippen LogP contribution >= 0.6 is 22.9 Å². The van der Waals surface area contributed by atoms with E-state index >= 15 is 0 Å². The van der Waals surface area contributed by atoms with Crippen molar-refractivity contribution < 1.29 is 17.9 Å². The fourth-order valence-electron chi connectivity index (χ4n) is 2.38. The molecule has 3 rings (SSSR count). The van der Waals surface area contributed by atoms with E-state index in [4.69, 9.17) is 4.74 Å². The average molecular weight is 432 g/mol. The lowest BCUT2D eigenvalue weighted by atomic mass is 10.2. The van der Waals surface area contributed by atoms with Gasteiger partial charge in [0.05, 0.1) is 0 Å². The van der Waals surface area contributed by atoms with Crippen LogP contribution in [0.25, 0.3) is 0 Å². The van der Waals surface area contributed by atoms with Gasteiger partial charge in [-0.15, -0.1) is 11.3 Å². The number of amides is 1. The molecule has 1 amide bonds. The molecule has 0 unspecified atom stereocenters. The molecule has 0 bridgehead atoms. The lowest BCUT2D eigenvalue weighted by molar-refractivity contribution is 0.0240. The minimum atomic E-state index is -3.66. The topological polar surface area (TPSA) is 105 Å². The van der Waals surface area contributed by atoms with Gasteiger partial charge in [-0.1, -0.05) is 6.07 Å². The van der Waals surface area contributed by atoms with E-state index in [-0.39, 0.29) is 16.3 Å². The van der Waals surface area contributed by atoms with Gasteiger partial charge in [0.2, 0.25) is 5.13 Å². The van der Waals surface area contributed by atoms with Crippen molar-refractivity contribution >= 4 is 50.1 Å². The van der Waals surface area contributed by atoms with Gasteiger partial charge in [0.25, 0.3) is 16.0 Å². The zero-order chi connectivity index (χ0) is 19.7. The van der Waals surface area contributed by atoms with E-state index in [2.05, 4.69) is 14.1 Å². The highest BCUT2D eigenvalue weighted by atomic mass is 32.2. The molecular formula is C15H21N5O4S3. The van der Waals surface area contributed by atoms with Crippen LogP contribution in [0.1, 0.15) is 20.8 Å². The van der Waals surface area contributed by atoms with Crippen LogP contribution in [0, 0.1) is 0 Å². The van der Waals surface area contributed by atoms with Crippen LogP contribution in [0.3, 0.4) is 0 Å². The molecule has 0 aliphatic carbocycles. The summed E-state index contributed by atoms with van der Waals surface area (Å²) in [4.78, 5) is 20.0. The van der Waals surface area contributed by atoms with Crippen LogP contribution in [0.5, 0.6) is 0 Å². The van der Waals surface area contributed by atoms with Gasteiger partial charge >= 0.3 is 6.09 Å². The van der Waals surface area contributed by atoms with E-state index < -0.39 is 15.6 Å². The molecule has 1 N–H and O–H groups in total. The normalized spacial score (nSPS) is 15.7. The number of nitrogens with zero attached hydrogens (tertiary/aromatic N) is 4. The molecule has 27 heavy (non-hydrogen) atoms. The standard InChI is InChI=1S/C15H21N5O4S3/c1-15(2,3)24-14(21)20-8-6-19(7-9-20)13-16-12(17-26-13)18-27(22,23)11-5-4-10-25-11/h4-5,10H,6-9H2,1-3H3,(H,17,18). The third-order valence-corrected chi connectivity index (χ3v) is 7.11. The number of piperazine rings is 1. The highest BCUT2D eigenvalue weighted by molar-refractivity contribution is 7.94. The Balaban J connectivity index is 1.58. The van der Waals surface area contributed by atoms with Crippen LogP contribution in [-0.4, -0.2) is 60.5 Å². The summed E-state index contributed by atoms with van der Waals surface area (Å²) in [7, 11) is -3.66. The number of hydrogen-bond donors (Lipinski definition) is 1. The van der Waals surface area contributed by atoms with Gasteiger partial charge in [0.1, 0.15) is 9.81 Å². The Morgan fingerprint density at radius 1 is 1.26 bits per heavy atom. The lowest BCUT2D eigenvalue weighted by Crippen LogP contribution is -2.50. The molecule has 0 spiro atoms. The number of hydrogen-bond acceptors (Lipinski definition) is 9. The van der Waals surface area contributed by atoms with Gasteiger partial charge < -0.3 is 14.5 Å². The summed E-state index contributed by atoms with van der Waals surface area (Å²) in [5, 5.41) is 2.31. The van der Waals surface area contributed by atoms with E-state index in [1.165, 1.54) is 6.07 Å². The third-order valence-electron chi connectivity index (χ3n) is 3.60. The van der Waals surface area contributed by atoms with E-state index in [0.29, 0.717) is 31.3 Å². The largest absolute Gasteiger partial charge is 0.444 e. The maximum Gasteiger partial charge on any atom is 0.410 e. The van der Waals surface area contributed by atoms with E-state index in [9.17, 15) is 13.2 Å². The highest BCUT2D eigenvalue weighted by Gasteiger charge is 2.27. The number of sulfonamides is 1. The Bertz CT molecular complexity index is 881. The monoisotopic (exact) mass is 431 g/mol. The molecule has 2 aromatic rings. The summed E-state index contributed by atoms with van der Waals surface area (Å²) < 4.78 is 36.5. The average Bonchev–Trinajstić information content (AvgIpc) is 3.25. The van der Waals surface area contributed by atoms with E-state index in [1.54, 1.807) is 16.3 Å². The van der Waals surface area contributed by atoms with Gasteiger partial charge in [-0.05, 0) is 32.2 Å². The predicted octanol–water partition coefficient (Wildman–Crippen LogP) is 2.46. The van der Waals surface area contributed by atoms with Crippen LogP contribution in [0.2, 0.25) is 0 Å². The van der Waals surface area contributed by atoms with Gasteiger partial charge in [0, 0.05) is 37.7 Å².